The molecule has 1 fully saturated rings. The predicted octanol–water partition coefficient (Wildman–Crippen LogP) is 3.72. The number of hydrogen-bond donors (Lipinski definition) is 2. The zero-order valence-electron chi connectivity index (χ0n) is 18.1. The van der Waals surface area contributed by atoms with Gasteiger partial charge in [0, 0.05) is 55.2 Å². The molecule has 2 aromatic heterocycles. The summed E-state index contributed by atoms with van der Waals surface area (Å²) in [4.78, 5) is 16.0. The van der Waals surface area contributed by atoms with Gasteiger partial charge in [0.1, 0.15) is 5.75 Å². The Morgan fingerprint density at radius 3 is 2.72 bits per heavy atom. The Hall–Kier alpha value is -3.71. The topological polar surface area (TPSA) is 75.2 Å². The molecule has 7 heteroatoms. The lowest BCUT2D eigenvalue weighted by Gasteiger charge is -2.31. The summed E-state index contributed by atoms with van der Waals surface area (Å²) < 4.78 is 5.49. The van der Waals surface area contributed by atoms with Crippen molar-refractivity contribution >= 4 is 22.4 Å². The Morgan fingerprint density at radius 2 is 1.91 bits per heavy atom. The second-order valence-corrected chi connectivity index (χ2v) is 7.76. The molecule has 3 heterocycles. The van der Waals surface area contributed by atoms with E-state index in [0.717, 1.165) is 48.9 Å². The lowest BCUT2D eigenvalue weighted by Crippen LogP contribution is -2.43. The highest BCUT2D eigenvalue weighted by Gasteiger charge is 2.16. The standard InChI is InChI=1S/C25H26N6O/c1-32-21-6-5-18-14-19(15-24(22(18)16-21)31-12-10-26-11-13-31)23-7-9-28-25(30-23)29-17-20-4-2-3-8-27-20/h2-9,14-16,26H,10-13,17H2,1H3,(H,28,29,30). The van der Waals surface area contributed by atoms with Gasteiger partial charge in [-0.3, -0.25) is 4.98 Å². The van der Waals surface area contributed by atoms with Crippen molar-refractivity contribution in [1.29, 1.82) is 0 Å². The van der Waals surface area contributed by atoms with Crippen LogP contribution in [-0.2, 0) is 6.54 Å². The molecule has 0 bridgehead atoms. The zero-order valence-corrected chi connectivity index (χ0v) is 18.1. The van der Waals surface area contributed by atoms with Gasteiger partial charge >= 0.3 is 0 Å². The molecule has 0 spiro atoms. The van der Waals surface area contributed by atoms with Gasteiger partial charge in [-0.25, -0.2) is 9.97 Å². The number of methoxy groups -OCH3 is 1. The van der Waals surface area contributed by atoms with Gasteiger partial charge in [0.25, 0.3) is 0 Å². The van der Waals surface area contributed by atoms with E-state index >= 15 is 0 Å². The first-order valence-corrected chi connectivity index (χ1v) is 10.8. The second kappa shape index (κ2) is 9.20. The summed E-state index contributed by atoms with van der Waals surface area (Å²) in [5.74, 6) is 1.45. The van der Waals surface area contributed by atoms with Crippen LogP contribution < -0.4 is 20.3 Å². The number of aromatic nitrogens is 3. The van der Waals surface area contributed by atoms with Gasteiger partial charge in [-0.15, -0.1) is 0 Å². The molecule has 0 aliphatic carbocycles. The molecule has 1 aliphatic heterocycles. The number of nitrogens with one attached hydrogen (secondary N) is 2. The van der Waals surface area contributed by atoms with Crippen LogP contribution in [-0.4, -0.2) is 48.2 Å². The van der Waals surface area contributed by atoms with Crippen molar-refractivity contribution in [3.8, 4) is 17.0 Å². The first kappa shape index (κ1) is 20.2. The fourth-order valence-corrected chi connectivity index (χ4v) is 4.04. The minimum absolute atomic E-state index is 0.577. The van der Waals surface area contributed by atoms with Crippen LogP contribution in [0.2, 0.25) is 0 Å². The number of ether oxygens (including phenoxy) is 1. The lowest BCUT2D eigenvalue weighted by molar-refractivity contribution is 0.415. The van der Waals surface area contributed by atoms with Crippen molar-refractivity contribution in [2.75, 3.05) is 43.5 Å². The maximum Gasteiger partial charge on any atom is 0.223 e. The molecule has 0 unspecified atom stereocenters. The summed E-state index contributed by atoms with van der Waals surface area (Å²) in [7, 11) is 1.71. The third-order valence-electron chi connectivity index (χ3n) is 5.70. The monoisotopic (exact) mass is 426 g/mol. The second-order valence-electron chi connectivity index (χ2n) is 7.76. The summed E-state index contributed by atoms with van der Waals surface area (Å²) in [5.41, 5.74) is 4.11. The summed E-state index contributed by atoms with van der Waals surface area (Å²) in [6.45, 7) is 4.47. The largest absolute Gasteiger partial charge is 0.497 e. The third-order valence-corrected chi connectivity index (χ3v) is 5.70. The molecule has 2 N–H and O–H groups in total. The number of piperazine rings is 1. The van der Waals surface area contributed by atoms with Gasteiger partial charge in [0.2, 0.25) is 5.95 Å². The highest BCUT2D eigenvalue weighted by atomic mass is 16.5. The van der Waals surface area contributed by atoms with Gasteiger partial charge in [-0.1, -0.05) is 12.1 Å². The fourth-order valence-electron chi connectivity index (χ4n) is 4.04. The first-order chi connectivity index (χ1) is 15.8. The maximum atomic E-state index is 5.49. The number of nitrogens with zero attached hydrogens (tertiary/aromatic N) is 4. The van der Waals surface area contributed by atoms with E-state index in [9.17, 15) is 0 Å². The summed E-state index contributed by atoms with van der Waals surface area (Å²) >= 11 is 0. The van der Waals surface area contributed by atoms with Gasteiger partial charge in [0.15, 0.2) is 0 Å². The van der Waals surface area contributed by atoms with Crippen molar-refractivity contribution in [1.82, 2.24) is 20.3 Å². The Morgan fingerprint density at radius 1 is 1.00 bits per heavy atom. The van der Waals surface area contributed by atoms with Crippen LogP contribution in [0.5, 0.6) is 5.75 Å². The SMILES string of the molecule is COc1ccc2cc(-c3ccnc(NCc4ccccn4)n3)cc(N3CCNCC3)c2c1. The highest BCUT2D eigenvalue weighted by Crippen LogP contribution is 2.35. The molecule has 4 aromatic rings. The molecule has 32 heavy (non-hydrogen) atoms. The van der Waals surface area contributed by atoms with Crippen LogP contribution in [0.1, 0.15) is 5.69 Å². The summed E-state index contributed by atoms with van der Waals surface area (Å²) in [6.07, 6.45) is 3.59. The minimum atomic E-state index is 0.577. The smallest absolute Gasteiger partial charge is 0.223 e. The molecule has 5 rings (SSSR count). The molecule has 2 aromatic carbocycles. The van der Waals surface area contributed by atoms with E-state index < -0.39 is 0 Å². The maximum absolute atomic E-state index is 5.49. The van der Waals surface area contributed by atoms with E-state index in [2.05, 4.69) is 49.8 Å². The number of anilines is 2. The molecule has 0 atom stereocenters. The van der Waals surface area contributed by atoms with E-state index in [1.807, 2.05) is 30.3 Å². The van der Waals surface area contributed by atoms with E-state index in [1.165, 1.54) is 16.5 Å². The molecule has 1 saturated heterocycles. The van der Waals surface area contributed by atoms with Crippen LogP contribution in [0.15, 0.2) is 67.0 Å². The van der Waals surface area contributed by atoms with Crippen LogP contribution in [0, 0.1) is 0 Å². The van der Waals surface area contributed by atoms with Gasteiger partial charge in [0.05, 0.1) is 25.0 Å². The van der Waals surface area contributed by atoms with Gasteiger partial charge < -0.3 is 20.3 Å². The minimum Gasteiger partial charge on any atom is -0.497 e. The predicted molar refractivity (Wildman–Crippen MR) is 128 cm³/mol. The zero-order chi connectivity index (χ0) is 21.8. The Bertz CT molecular complexity index is 1210. The molecule has 0 amide bonds. The van der Waals surface area contributed by atoms with Crippen LogP contribution in [0.3, 0.4) is 0 Å². The van der Waals surface area contributed by atoms with Crippen LogP contribution >= 0.6 is 0 Å². The molecule has 0 radical (unpaired) electrons. The van der Waals surface area contributed by atoms with Gasteiger partial charge in [-0.2, -0.15) is 0 Å². The van der Waals surface area contributed by atoms with E-state index in [1.54, 1.807) is 19.5 Å². The molecule has 7 nitrogen and oxygen atoms in total. The number of pyridine rings is 1. The van der Waals surface area contributed by atoms with Crippen molar-refractivity contribution in [2.45, 2.75) is 6.54 Å². The third kappa shape index (κ3) is 4.33. The number of benzene rings is 2. The van der Waals surface area contributed by atoms with E-state index in [-0.39, 0.29) is 0 Å². The number of rotatable bonds is 6. The molecule has 1 aliphatic rings. The van der Waals surface area contributed by atoms with Crippen molar-refractivity contribution in [3.63, 3.8) is 0 Å². The molecule has 162 valence electrons. The fraction of sp³-hybridized carbons (Fsp3) is 0.240. The quantitative estimate of drug-likeness (QED) is 0.487. The number of fused-ring (bicyclic) bond motifs is 1. The van der Waals surface area contributed by atoms with Crippen LogP contribution in [0.25, 0.3) is 22.0 Å². The highest BCUT2D eigenvalue weighted by molar-refractivity contribution is 5.98. The van der Waals surface area contributed by atoms with Gasteiger partial charge in [-0.05, 0) is 47.9 Å². The van der Waals surface area contributed by atoms with Crippen LogP contribution in [0.4, 0.5) is 11.6 Å². The average Bonchev–Trinajstić information content (AvgIpc) is 2.88. The van der Waals surface area contributed by atoms with Crippen molar-refractivity contribution in [2.24, 2.45) is 0 Å². The van der Waals surface area contributed by atoms with E-state index in [4.69, 9.17) is 9.72 Å². The molecular weight excluding hydrogens is 400 g/mol. The van der Waals surface area contributed by atoms with E-state index in [0.29, 0.717) is 12.5 Å². The number of hydrogen-bond acceptors (Lipinski definition) is 7. The first-order valence-electron chi connectivity index (χ1n) is 10.8. The lowest BCUT2D eigenvalue weighted by atomic mass is 10.0. The summed E-state index contributed by atoms with van der Waals surface area (Å²) in [6, 6.07) is 18.5. The molecular formula is C25H26N6O. The normalized spacial score (nSPS) is 13.8. The van der Waals surface area contributed by atoms with Crippen molar-refractivity contribution in [3.05, 3.63) is 72.7 Å². The van der Waals surface area contributed by atoms with Crippen molar-refractivity contribution < 1.29 is 4.74 Å². The average molecular weight is 427 g/mol. The summed E-state index contributed by atoms with van der Waals surface area (Å²) in [5, 5.41) is 9.07. The Kier molecular flexibility index (Phi) is 5.81. The molecule has 0 saturated carbocycles. The Balaban J connectivity index is 1.51. The Labute approximate surface area is 187 Å².